The van der Waals surface area contributed by atoms with Gasteiger partial charge in [-0.2, -0.15) is 5.10 Å². The van der Waals surface area contributed by atoms with Gasteiger partial charge in [0.25, 0.3) is 0 Å². The fourth-order valence-corrected chi connectivity index (χ4v) is 1.51. The van der Waals surface area contributed by atoms with Gasteiger partial charge in [0.15, 0.2) is 0 Å². The van der Waals surface area contributed by atoms with Crippen molar-refractivity contribution in [2.75, 3.05) is 0 Å². The molecule has 0 aliphatic carbocycles. The van der Waals surface area contributed by atoms with Crippen molar-refractivity contribution in [2.45, 2.75) is 0 Å². The molecule has 2 aromatic rings. The molecular weight excluding hydrogens is 235 g/mol. The minimum Gasteiger partial charge on any atom is -0.478 e. The van der Waals surface area contributed by atoms with Gasteiger partial charge in [0.05, 0.1) is 11.9 Å². The average molecular weight is 241 g/mol. The van der Waals surface area contributed by atoms with Gasteiger partial charge in [-0.3, -0.25) is 5.10 Å². The normalized spacial score (nSPS) is 10.4. The Bertz CT molecular complexity index is 554. The van der Waals surface area contributed by atoms with Crippen molar-refractivity contribution < 1.29 is 14.3 Å². The number of carboxylic acids is 1. The van der Waals surface area contributed by atoms with Crippen LogP contribution in [-0.2, 0) is 0 Å². The lowest BCUT2D eigenvalue weighted by atomic mass is 10.1. The van der Waals surface area contributed by atoms with E-state index in [1.807, 2.05) is 0 Å². The molecule has 2 N–H and O–H groups in total. The number of hydrogen-bond donors (Lipinski definition) is 2. The number of carboxylic acid groups (broad SMARTS) is 1. The molecule has 2 rings (SSSR count). The van der Waals surface area contributed by atoms with Crippen molar-refractivity contribution in [2.24, 2.45) is 0 Å². The summed E-state index contributed by atoms with van der Waals surface area (Å²) < 4.78 is 13.5. The highest BCUT2D eigenvalue weighted by Gasteiger charge is 2.17. The van der Waals surface area contributed by atoms with Crippen LogP contribution in [0.4, 0.5) is 4.39 Å². The first-order chi connectivity index (χ1) is 7.59. The van der Waals surface area contributed by atoms with Crippen molar-refractivity contribution in [3.63, 3.8) is 0 Å². The number of halogens is 2. The Kier molecular flexibility index (Phi) is 2.62. The Morgan fingerprint density at radius 3 is 2.94 bits per heavy atom. The SMILES string of the molecule is O=C(O)c1cn[nH]c1-c1cc(Cl)ccc1F. The summed E-state index contributed by atoms with van der Waals surface area (Å²) >= 11 is 5.72. The van der Waals surface area contributed by atoms with Gasteiger partial charge in [0.2, 0.25) is 0 Å². The fraction of sp³-hybridized carbons (Fsp3) is 0. The molecular formula is C10H6ClFN2O2. The molecule has 0 saturated heterocycles. The number of aromatic amines is 1. The molecule has 6 heteroatoms. The molecule has 1 aromatic carbocycles. The summed E-state index contributed by atoms with van der Waals surface area (Å²) in [6.45, 7) is 0. The maximum Gasteiger partial charge on any atom is 0.339 e. The molecule has 0 spiro atoms. The van der Waals surface area contributed by atoms with Crippen molar-refractivity contribution in [1.82, 2.24) is 10.2 Å². The Balaban J connectivity index is 2.62. The largest absolute Gasteiger partial charge is 0.478 e. The summed E-state index contributed by atoms with van der Waals surface area (Å²) in [7, 11) is 0. The highest BCUT2D eigenvalue weighted by atomic mass is 35.5. The Hall–Kier alpha value is -1.88. The number of H-pyrrole nitrogens is 1. The van der Waals surface area contributed by atoms with Crippen molar-refractivity contribution >= 4 is 17.6 Å². The summed E-state index contributed by atoms with van der Waals surface area (Å²) in [5, 5.41) is 15.2. The third kappa shape index (κ3) is 1.77. The van der Waals surface area contributed by atoms with E-state index in [4.69, 9.17) is 16.7 Å². The van der Waals surface area contributed by atoms with Gasteiger partial charge in [0.1, 0.15) is 11.4 Å². The first-order valence-electron chi connectivity index (χ1n) is 4.31. The van der Waals surface area contributed by atoms with Gasteiger partial charge in [-0.1, -0.05) is 11.6 Å². The number of nitrogens with zero attached hydrogens (tertiary/aromatic N) is 1. The van der Waals surface area contributed by atoms with Crippen molar-refractivity contribution in [3.05, 3.63) is 40.8 Å². The lowest BCUT2D eigenvalue weighted by Gasteiger charge is -2.02. The predicted octanol–water partition coefficient (Wildman–Crippen LogP) is 2.57. The molecule has 0 aliphatic rings. The van der Waals surface area contributed by atoms with Crippen LogP contribution in [-0.4, -0.2) is 21.3 Å². The number of carbonyl (C=O) groups is 1. The van der Waals surface area contributed by atoms with Crippen LogP contribution >= 0.6 is 11.6 Å². The first-order valence-corrected chi connectivity index (χ1v) is 4.69. The van der Waals surface area contributed by atoms with Gasteiger partial charge in [-0.25, -0.2) is 9.18 Å². The Morgan fingerprint density at radius 2 is 2.25 bits per heavy atom. The van der Waals surface area contributed by atoms with E-state index in [2.05, 4.69) is 10.2 Å². The molecule has 0 radical (unpaired) electrons. The predicted molar refractivity (Wildman–Crippen MR) is 56.0 cm³/mol. The molecule has 0 fully saturated rings. The molecule has 0 atom stereocenters. The summed E-state index contributed by atoms with van der Waals surface area (Å²) in [4.78, 5) is 10.8. The molecule has 4 nitrogen and oxygen atoms in total. The monoisotopic (exact) mass is 240 g/mol. The highest BCUT2D eigenvalue weighted by Crippen LogP contribution is 2.26. The van der Waals surface area contributed by atoms with Crippen LogP contribution in [0, 0.1) is 5.82 Å². The first kappa shape index (κ1) is 10.6. The van der Waals surface area contributed by atoms with E-state index in [9.17, 15) is 9.18 Å². The van der Waals surface area contributed by atoms with E-state index in [-0.39, 0.29) is 16.8 Å². The number of nitrogens with one attached hydrogen (secondary N) is 1. The smallest absolute Gasteiger partial charge is 0.339 e. The number of aromatic carboxylic acids is 1. The standard InChI is InChI=1S/C10H6ClFN2O2/c11-5-1-2-8(12)6(3-5)9-7(10(15)16)4-13-14-9/h1-4H,(H,13,14)(H,15,16). The number of aromatic nitrogens is 2. The molecule has 1 aromatic heterocycles. The van der Waals surface area contributed by atoms with E-state index < -0.39 is 11.8 Å². The molecule has 0 bridgehead atoms. The maximum atomic E-state index is 13.5. The van der Waals surface area contributed by atoms with E-state index in [0.29, 0.717) is 5.02 Å². The quantitative estimate of drug-likeness (QED) is 0.848. The molecule has 1 heterocycles. The molecule has 16 heavy (non-hydrogen) atoms. The second kappa shape index (κ2) is 3.94. The second-order valence-corrected chi connectivity index (χ2v) is 3.52. The van der Waals surface area contributed by atoms with E-state index in [1.54, 1.807) is 0 Å². The third-order valence-corrected chi connectivity index (χ3v) is 2.30. The summed E-state index contributed by atoms with van der Waals surface area (Å²) in [6, 6.07) is 3.90. The van der Waals surface area contributed by atoms with Gasteiger partial charge in [-0.15, -0.1) is 0 Å². The van der Waals surface area contributed by atoms with Crippen LogP contribution in [0.3, 0.4) is 0 Å². The van der Waals surface area contributed by atoms with Crippen molar-refractivity contribution in [1.29, 1.82) is 0 Å². The minimum absolute atomic E-state index is 0.0856. The molecule has 0 amide bonds. The average Bonchev–Trinajstić information content (AvgIpc) is 2.70. The highest BCUT2D eigenvalue weighted by molar-refractivity contribution is 6.30. The lowest BCUT2D eigenvalue weighted by molar-refractivity contribution is 0.0698. The zero-order chi connectivity index (χ0) is 11.7. The van der Waals surface area contributed by atoms with Crippen LogP contribution in [0.15, 0.2) is 24.4 Å². The fourth-order valence-electron chi connectivity index (χ4n) is 1.34. The molecule has 0 aliphatic heterocycles. The Morgan fingerprint density at radius 1 is 1.50 bits per heavy atom. The van der Waals surface area contributed by atoms with E-state index >= 15 is 0 Å². The second-order valence-electron chi connectivity index (χ2n) is 3.09. The third-order valence-electron chi connectivity index (χ3n) is 2.07. The van der Waals surface area contributed by atoms with Crippen LogP contribution < -0.4 is 0 Å². The van der Waals surface area contributed by atoms with Crippen LogP contribution in [0.2, 0.25) is 5.02 Å². The van der Waals surface area contributed by atoms with Gasteiger partial charge in [0, 0.05) is 10.6 Å². The molecule has 0 unspecified atom stereocenters. The lowest BCUT2D eigenvalue weighted by Crippen LogP contribution is -1.98. The topological polar surface area (TPSA) is 66.0 Å². The van der Waals surface area contributed by atoms with Crippen LogP contribution in [0.25, 0.3) is 11.3 Å². The van der Waals surface area contributed by atoms with Gasteiger partial charge < -0.3 is 5.11 Å². The molecule has 82 valence electrons. The zero-order valence-corrected chi connectivity index (χ0v) is 8.62. The van der Waals surface area contributed by atoms with Gasteiger partial charge >= 0.3 is 5.97 Å². The summed E-state index contributed by atoms with van der Waals surface area (Å²) in [5.41, 5.74) is 0.0936. The van der Waals surface area contributed by atoms with Gasteiger partial charge in [-0.05, 0) is 18.2 Å². The Labute approximate surface area is 94.7 Å². The number of hydrogen-bond acceptors (Lipinski definition) is 2. The number of benzene rings is 1. The van der Waals surface area contributed by atoms with Crippen LogP contribution in [0.5, 0.6) is 0 Å². The summed E-state index contributed by atoms with van der Waals surface area (Å²) in [5.74, 6) is -1.74. The van der Waals surface area contributed by atoms with Crippen LogP contribution in [0.1, 0.15) is 10.4 Å². The molecule has 0 saturated carbocycles. The summed E-state index contributed by atoms with van der Waals surface area (Å²) in [6.07, 6.45) is 1.12. The number of rotatable bonds is 2. The minimum atomic E-state index is -1.18. The van der Waals surface area contributed by atoms with E-state index in [0.717, 1.165) is 6.20 Å². The van der Waals surface area contributed by atoms with Crippen molar-refractivity contribution in [3.8, 4) is 11.3 Å². The van der Waals surface area contributed by atoms with E-state index in [1.165, 1.54) is 18.2 Å². The maximum absolute atomic E-state index is 13.5. The zero-order valence-electron chi connectivity index (χ0n) is 7.87.